The molecule has 4 heteroatoms. The molecule has 4 nitrogen and oxygen atoms in total. The molecule has 0 saturated carbocycles. The topological polar surface area (TPSA) is 54.5 Å². The molecule has 2 heterocycles. The van der Waals surface area contributed by atoms with Crippen LogP contribution in [0.2, 0.25) is 0 Å². The Morgan fingerprint density at radius 1 is 1.23 bits per heavy atom. The van der Waals surface area contributed by atoms with Gasteiger partial charge in [0.25, 0.3) is 0 Å². The van der Waals surface area contributed by atoms with Crippen molar-refractivity contribution in [1.82, 2.24) is 20.2 Å². The Labute approximate surface area is 76.4 Å². The van der Waals surface area contributed by atoms with Gasteiger partial charge < -0.3 is 0 Å². The van der Waals surface area contributed by atoms with Crippen molar-refractivity contribution in [2.24, 2.45) is 0 Å². The van der Waals surface area contributed by atoms with Crippen LogP contribution < -0.4 is 0 Å². The first-order chi connectivity index (χ1) is 6.07. The third-order valence-electron chi connectivity index (χ3n) is 1.93. The van der Waals surface area contributed by atoms with Gasteiger partial charge in [0.2, 0.25) is 0 Å². The third-order valence-corrected chi connectivity index (χ3v) is 1.93. The fourth-order valence-corrected chi connectivity index (χ4v) is 1.10. The molecule has 0 saturated heterocycles. The van der Waals surface area contributed by atoms with Crippen LogP contribution >= 0.6 is 0 Å². The van der Waals surface area contributed by atoms with Crippen molar-refractivity contribution in [3.8, 4) is 0 Å². The maximum Gasteiger partial charge on any atom is 0.174 e. The zero-order valence-corrected chi connectivity index (χ0v) is 8.00. The summed E-state index contributed by atoms with van der Waals surface area (Å²) in [4.78, 5) is 8.68. The minimum Gasteiger partial charge on any atom is -0.259 e. The van der Waals surface area contributed by atoms with E-state index in [0.29, 0.717) is 0 Å². The van der Waals surface area contributed by atoms with E-state index in [1.807, 2.05) is 0 Å². The van der Waals surface area contributed by atoms with Crippen LogP contribution in [0.25, 0.3) is 11.2 Å². The molecular formula is C9H12N4. The average molecular weight is 176 g/mol. The lowest BCUT2D eigenvalue weighted by Crippen LogP contribution is -2.13. The molecule has 68 valence electrons. The number of rotatable bonds is 0. The number of aromatic nitrogens is 4. The van der Waals surface area contributed by atoms with Gasteiger partial charge in [0, 0.05) is 5.41 Å². The maximum atomic E-state index is 4.45. The van der Waals surface area contributed by atoms with E-state index in [2.05, 4.69) is 40.9 Å². The summed E-state index contributed by atoms with van der Waals surface area (Å²) >= 11 is 0. The molecule has 0 aromatic carbocycles. The Bertz CT molecular complexity index is 424. The molecule has 0 fully saturated rings. The largest absolute Gasteiger partial charge is 0.259 e. The van der Waals surface area contributed by atoms with Crippen molar-refractivity contribution in [2.75, 3.05) is 0 Å². The summed E-state index contributed by atoms with van der Waals surface area (Å²) in [6.45, 7) is 6.34. The Hall–Kier alpha value is -1.45. The van der Waals surface area contributed by atoms with Crippen molar-refractivity contribution in [3.63, 3.8) is 0 Å². The molecule has 13 heavy (non-hydrogen) atoms. The molecule has 0 radical (unpaired) electrons. The number of nitrogens with one attached hydrogen (secondary N) is 1. The fourth-order valence-electron chi connectivity index (χ4n) is 1.10. The zero-order chi connectivity index (χ0) is 9.47. The van der Waals surface area contributed by atoms with E-state index < -0.39 is 0 Å². The van der Waals surface area contributed by atoms with Gasteiger partial charge in [-0.1, -0.05) is 20.8 Å². The number of hydrogen-bond acceptors (Lipinski definition) is 3. The summed E-state index contributed by atoms with van der Waals surface area (Å²) < 4.78 is 0. The minimum absolute atomic E-state index is 0.0401. The van der Waals surface area contributed by atoms with Gasteiger partial charge in [-0.3, -0.25) is 5.10 Å². The Morgan fingerprint density at radius 2 is 2.00 bits per heavy atom. The van der Waals surface area contributed by atoms with Crippen molar-refractivity contribution >= 4 is 11.2 Å². The summed E-state index contributed by atoms with van der Waals surface area (Å²) in [5, 5.41) is 6.65. The standard InChI is InChI=1S/C9H12N4/c1-9(2,3)7-5-10-8-6(12-7)4-11-13-8/h4-5H,1-3H3,(H,10,11,13). The molecule has 0 atom stereocenters. The number of fused-ring (bicyclic) bond motifs is 1. The van der Waals surface area contributed by atoms with Crippen LogP contribution in [0.3, 0.4) is 0 Å². The van der Waals surface area contributed by atoms with E-state index in [1.54, 1.807) is 12.4 Å². The van der Waals surface area contributed by atoms with Gasteiger partial charge in [0.05, 0.1) is 18.1 Å². The lowest BCUT2D eigenvalue weighted by molar-refractivity contribution is 0.568. The van der Waals surface area contributed by atoms with Gasteiger partial charge in [-0.05, 0) is 0 Å². The monoisotopic (exact) mass is 176 g/mol. The van der Waals surface area contributed by atoms with Crippen LogP contribution in [0.15, 0.2) is 12.4 Å². The fraction of sp³-hybridized carbons (Fsp3) is 0.444. The molecular weight excluding hydrogens is 164 g/mol. The molecule has 2 aromatic heterocycles. The molecule has 2 aromatic rings. The van der Waals surface area contributed by atoms with E-state index in [1.165, 1.54) is 0 Å². The van der Waals surface area contributed by atoms with Gasteiger partial charge in [0.15, 0.2) is 5.65 Å². The highest BCUT2D eigenvalue weighted by Crippen LogP contribution is 2.20. The smallest absolute Gasteiger partial charge is 0.174 e. The Morgan fingerprint density at radius 3 is 2.69 bits per heavy atom. The predicted molar refractivity (Wildman–Crippen MR) is 50.4 cm³/mol. The molecule has 0 aliphatic carbocycles. The highest BCUT2D eigenvalue weighted by atomic mass is 15.1. The van der Waals surface area contributed by atoms with E-state index >= 15 is 0 Å². The Balaban J connectivity index is 2.61. The second-order valence-electron chi connectivity index (χ2n) is 4.11. The van der Waals surface area contributed by atoms with Crippen LogP contribution in [-0.4, -0.2) is 20.2 Å². The Kier molecular flexibility index (Phi) is 1.58. The minimum atomic E-state index is 0.0401. The molecule has 0 aliphatic heterocycles. The average Bonchev–Trinajstić information content (AvgIpc) is 2.47. The van der Waals surface area contributed by atoms with Crippen molar-refractivity contribution < 1.29 is 0 Å². The third kappa shape index (κ3) is 1.39. The van der Waals surface area contributed by atoms with Gasteiger partial charge in [-0.2, -0.15) is 5.10 Å². The SMILES string of the molecule is CC(C)(C)c1cnc2[nH]ncc2n1. The highest BCUT2D eigenvalue weighted by Gasteiger charge is 2.16. The van der Waals surface area contributed by atoms with Crippen molar-refractivity contribution in [1.29, 1.82) is 0 Å². The number of hydrogen-bond donors (Lipinski definition) is 1. The first kappa shape index (κ1) is 8.16. The lowest BCUT2D eigenvalue weighted by atomic mass is 9.93. The van der Waals surface area contributed by atoms with Crippen LogP contribution in [0.1, 0.15) is 26.5 Å². The first-order valence-corrected chi connectivity index (χ1v) is 4.24. The summed E-state index contributed by atoms with van der Waals surface area (Å²) in [6, 6.07) is 0. The second kappa shape index (κ2) is 2.52. The number of nitrogens with zero attached hydrogens (tertiary/aromatic N) is 3. The van der Waals surface area contributed by atoms with E-state index in [0.717, 1.165) is 16.9 Å². The van der Waals surface area contributed by atoms with E-state index in [-0.39, 0.29) is 5.41 Å². The molecule has 2 rings (SSSR count). The first-order valence-electron chi connectivity index (χ1n) is 4.24. The number of H-pyrrole nitrogens is 1. The van der Waals surface area contributed by atoms with E-state index in [9.17, 15) is 0 Å². The van der Waals surface area contributed by atoms with Crippen LogP contribution in [0.4, 0.5) is 0 Å². The maximum absolute atomic E-state index is 4.45. The van der Waals surface area contributed by atoms with Gasteiger partial charge in [-0.25, -0.2) is 9.97 Å². The molecule has 0 spiro atoms. The van der Waals surface area contributed by atoms with Crippen LogP contribution in [-0.2, 0) is 5.41 Å². The summed E-state index contributed by atoms with van der Waals surface area (Å²) in [6.07, 6.45) is 3.48. The van der Waals surface area contributed by atoms with Crippen LogP contribution in [0.5, 0.6) is 0 Å². The molecule has 0 aliphatic rings. The molecule has 0 amide bonds. The normalized spacial score (nSPS) is 12.2. The zero-order valence-electron chi connectivity index (χ0n) is 8.00. The van der Waals surface area contributed by atoms with Crippen molar-refractivity contribution in [3.05, 3.63) is 18.1 Å². The number of aromatic amines is 1. The van der Waals surface area contributed by atoms with E-state index in [4.69, 9.17) is 0 Å². The quantitative estimate of drug-likeness (QED) is 0.664. The predicted octanol–water partition coefficient (Wildman–Crippen LogP) is 1.65. The highest BCUT2D eigenvalue weighted by molar-refractivity contribution is 5.68. The van der Waals surface area contributed by atoms with Crippen LogP contribution in [0, 0.1) is 0 Å². The second-order valence-corrected chi connectivity index (χ2v) is 4.11. The van der Waals surface area contributed by atoms with Gasteiger partial charge >= 0.3 is 0 Å². The summed E-state index contributed by atoms with van der Waals surface area (Å²) in [5.74, 6) is 0. The van der Waals surface area contributed by atoms with Gasteiger partial charge in [-0.15, -0.1) is 0 Å². The van der Waals surface area contributed by atoms with Gasteiger partial charge in [0.1, 0.15) is 5.52 Å². The summed E-state index contributed by atoms with van der Waals surface area (Å²) in [5.41, 5.74) is 2.60. The van der Waals surface area contributed by atoms with Crippen molar-refractivity contribution in [2.45, 2.75) is 26.2 Å². The molecule has 0 unspecified atom stereocenters. The summed E-state index contributed by atoms with van der Waals surface area (Å²) in [7, 11) is 0. The molecule has 1 N–H and O–H groups in total. The lowest BCUT2D eigenvalue weighted by Gasteiger charge is -2.16. The molecule has 0 bridgehead atoms.